The molecule has 1 nitrogen and oxygen atoms in total. The quantitative estimate of drug-likeness (QED) is 0.617. The Hall–Kier alpha value is -2.62. The van der Waals surface area contributed by atoms with Crippen LogP contribution in [0.4, 0.5) is 13.2 Å². The van der Waals surface area contributed by atoms with Gasteiger partial charge in [-0.15, -0.1) is 0 Å². The van der Waals surface area contributed by atoms with Gasteiger partial charge in [0.05, 0.1) is 5.39 Å². The lowest BCUT2D eigenvalue weighted by Crippen LogP contribution is -2.38. The molecule has 0 bridgehead atoms. The lowest BCUT2D eigenvalue weighted by atomic mass is 10.1. The van der Waals surface area contributed by atoms with Crippen LogP contribution in [0.1, 0.15) is 11.3 Å². The number of fused-ring (bicyclic) bond motifs is 1. The van der Waals surface area contributed by atoms with E-state index in [9.17, 15) is 13.2 Å². The molecule has 0 saturated heterocycles. The van der Waals surface area contributed by atoms with Gasteiger partial charge in [-0.2, -0.15) is 17.7 Å². The Bertz CT molecular complexity index is 837. The van der Waals surface area contributed by atoms with Gasteiger partial charge in [-0.05, 0) is 11.5 Å². The summed E-state index contributed by atoms with van der Waals surface area (Å²) in [7, 11) is 0. The minimum absolute atomic E-state index is 0.0954. The first-order valence-electron chi connectivity index (χ1n) is 6.83. The largest absolute Gasteiger partial charge is 0.312 e. The maximum absolute atomic E-state index is 14.1. The van der Waals surface area contributed by atoms with E-state index in [1.165, 1.54) is 4.57 Å². The van der Waals surface area contributed by atoms with Crippen molar-refractivity contribution in [2.45, 2.75) is 6.54 Å². The van der Waals surface area contributed by atoms with Crippen molar-refractivity contribution in [3.8, 4) is 0 Å². The first-order valence-corrected chi connectivity index (χ1v) is 6.83. The number of rotatable bonds is 3. The molecule has 0 aliphatic carbocycles. The van der Waals surface area contributed by atoms with Gasteiger partial charge in [-0.25, -0.2) is 0 Å². The van der Waals surface area contributed by atoms with Crippen molar-refractivity contribution in [1.29, 1.82) is 0 Å². The van der Waals surface area contributed by atoms with Crippen LogP contribution < -0.4 is 4.57 Å². The third-order valence-corrected chi connectivity index (χ3v) is 3.51. The van der Waals surface area contributed by atoms with E-state index in [1.807, 2.05) is 30.3 Å². The molecule has 0 atom stereocenters. The molecule has 22 heavy (non-hydrogen) atoms. The fourth-order valence-electron chi connectivity index (χ4n) is 2.50. The number of pyridine rings is 1. The van der Waals surface area contributed by atoms with Crippen molar-refractivity contribution in [3.05, 3.63) is 84.2 Å². The van der Waals surface area contributed by atoms with Crippen molar-refractivity contribution in [2.75, 3.05) is 0 Å². The van der Waals surface area contributed by atoms with E-state index in [0.29, 0.717) is 11.9 Å². The van der Waals surface area contributed by atoms with Crippen LogP contribution in [0.15, 0.2) is 72.9 Å². The summed E-state index contributed by atoms with van der Waals surface area (Å²) >= 11 is 0. The Labute approximate surface area is 126 Å². The fourth-order valence-corrected chi connectivity index (χ4v) is 2.50. The van der Waals surface area contributed by atoms with E-state index in [0.717, 1.165) is 10.9 Å². The summed E-state index contributed by atoms with van der Waals surface area (Å²) in [6, 6.07) is 18.1. The zero-order chi connectivity index (χ0) is 15.5. The second-order valence-corrected chi connectivity index (χ2v) is 4.94. The van der Waals surface area contributed by atoms with E-state index in [2.05, 4.69) is 0 Å². The number of hydrogen-bond donors (Lipinski definition) is 0. The van der Waals surface area contributed by atoms with E-state index in [1.54, 1.807) is 36.5 Å². The Morgan fingerprint density at radius 2 is 1.50 bits per heavy atom. The molecule has 110 valence electrons. The Kier molecular flexibility index (Phi) is 3.92. The van der Waals surface area contributed by atoms with Gasteiger partial charge < -0.3 is 0 Å². The van der Waals surface area contributed by atoms with Crippen molar-refractivity contribution in [2.24, 2.45) is 0 Å². The Morgan fingerprint density at radius 3 is 2.23 bits per heavy atom. The first kappa shape index (κ1) is 14.3. The molecule has 2 aromatic carbocycles. The number of hydrogen-bond acceptors (Lipinski definition) is 0. The summed E-state index contributed by atoms with van der Waals surface area (Å²) in [5.41, 5.74) is 0.818. The van der Waals surface area contributed by atoms with Gasteiger partial charge >= 0.3 is 6.08 Å². The third kappa shape index (κ3) is 2.72. The number of nitrogens with zero attached hydrogens (tertiary/aromatic N) is 1. The predicted molar refractivity (Wildman–Crippen MR) is 79.9 cm³/mol. The molecule has 1 aromatic heterocycles. The van der Waals surface area contributed by atoms with Crippen LogP contribution in [0.3, 0.4) is 0 Å². The minimum Gasteiger partial charge on any atom is -0.194 e. The van der Waals surface area contributed by atoms with E-state index < -0.39 is 11.9 Å². The number of halogens is 3. The van der Waals surface area contributed by atoms with Crippen LogP contribution >= 0.6 is 0 Å². The molecule has 0 N–H and O–H groups in total. The van der Waals surface area contributed by atoms with Crippen molar-refractivity contribution in [3.63, 3.8) is 0 Å². The van der Waals surface area contributed by atoms with Gasteiger partial charge in [0.1, 0.15) is 0 Å². The van der Waals surface area contributed by atoms with Crippen LogP contribution in [0.2, 0.25) is 0 Å². The van der Waals surface area contributed by atoms with Crippen LogP contribution in [0, 0.1) is 0 Å². The minimum atomic E-state index is -2.31. The molecule has 1 heterocycles. The van der Waals surface area contributed by atoms with E-state index in [4.69, 9.17) is 0 Å². The number of aromatic nitrogens is 1. The maximum Gasteiger partial charge on any atom is 0.312 e. The van der Waals surface area contributed by atoms with Crippen molar-refractivity contribution < 1.29 is 17.7 Å². The molecule has 0 unspecified atom stereocenters. The normalized spacial score (nSPS) is 10.7. The standard InChI is InChI=1S/C18H13F3N/c19-16(18(20)21)17-15-9-5-4-8-14(15)10-11-22(17)12-13-6-2-1-3-7-13/h1-11H,12H2/q+1. The second kappa shape index (κ2) is 6.02. The second-order valence-electron chi connectivity index (χ2n) is 4.94. The van der Waals surface area contributed by atoms with Crippen LogP contribution in [0.25, 0.3) is 16.6 Å². The van der Waals surface area contributed by atoms with Gasteiger partial charge in [-0.3, -0.25) is 0 Å². The lowest BCUT2D eigenvalue weighted by molar-refractivity contribution is -0.689. The van der Waals surface area contributed by atoms with E-state index in [-0.39, 0.29) is 5.69 Å². The van der Waals surface area contributed by atoms with Crippen LogP contribution in [0.5, 0.6) is 0 Å². The average Bonchev–Trinajstić information content (AvgIpc) is 2.55. The van der Waals surface area contributed by atoms with Gasteiger partial charge in [0.15, 0.2) is 12.7 Å². The highest BCUT2D eigenvalue weighted by Gasteiger charge is 2.24. The first-order chi connectivity index (χ1) is 10.7. The summed E-state index contributed by atoms with van der Waals surface area (Å²) in [5, 5.41) is 1.18. The van der Waals surface area contributed by atoms with Gasteiger partial charge in [-0.1, -0.05) is 48.5 Å². The molecule has 0 radical (unpaired) electrons. The highest BCUT2D eigenvalue weighted by atomic mass is 19.3. The molecular formula is C18H13F3N+. The Morgan fingerprint density at radius 1 is 0.818 bits per heavy atom. The molecular weight excluding hydrogens is 287 g/mol. The zero-order valence-electron chi connectivity index (χ0n) is 11.6. The molecule has 4 heteroatoms. The zero-order valence-corrected chi connectivity index (χ0v) is 11.6. The molecule has 0 aliphatic rings. The summed E-state index contributed by atoms with van der Waals surface area (Å²) in [6.45, 7) is 0.321. The van der Waals surface area contributed by atoms with Gasteiger partial charge in [0.2, 0.25) is 0 Å². The van der Waals surface area contributed by atoms with E-state index >= 15 is 0 Å². The summed E-state index contributed by atoms with van der Waals surface area (Å²) in [4.78, 5) is 0. The summed E-state index contributed by atoms with van der Waals surface area (Å²) in [6.07, 6.45) is -0.675. The van der Waals surface area contributed by atoms with Crippen molar-refractivity contribution >= 4 is 16.6 Å². The predicted octanol–water partition coefficient (Wildman–Crippen LogP) is 4.71. The Balaban J connectivity index is 2.21. The highest BCUT2D eigenvalue weighted by molar-refractivity contribution is 5.89. The van der Waals surface area contributed by atoms with Crippen LogP contribution in [-0.4, -0.2) is 0 Å². The molecule has 0 aliphatic heterocycles. The lowest BCUT2D eigenvalue weighted by Gasteiger charge is -2.06. The smallest absolute Gasteiger partial charge is 0.194 e. The van der Waals surface area contributed by atoms with Crippen LogP contribution in [-0.2, 0) is 6.54 Å². The monoisotopic (exact) mass is 300 g/mol. The maximum atomic E-state index is 14.1. The SMILES string of the molecule is FC(F)=C(F)c1c2ccccc2cc[n+]1Cc1ccccc1. The fraction of sp³-hybridized carbons (Fsp3) is 0.0556. The highest BCUT2D eigenvalue weighted by Crippen LogP contribution is 2.26. The molecule has 0 saturated carbocycles. The topological polar surface area (TPSA) is 3.88 Å². The molecule has 3 aromatic rings. The van der Waals surface area contributed by atoms with Gasteiger partial charge in [0.25, 0.3) is 11.5 Å². The third-order valence-electron chi connectivity index (χ3n) is 3.51. The van der Waals surface area contributed by atoms with Crippen molar-refractivity contribution in [1.82, 2.24) is 0 Å². The molecule has 3 rings (SSSR count). The molecule has 0 spiro atoms. The molecule has 0 amide bonds. The summed E-state index contributed by atoms with van der Waals surface area (Å²) < 4.78 is 41.3. The average molecular weight is 300 g/mol. The summed E-state index contributed by atoms with van der Waals surface area (Å²) in [5.74, 6) is -1.48. The molecule has 0 fully saturated rings. The number of benzene rings is 2. The van der Waals surface area contributed by atoms with Gasteiger partial charge in [0, 0.05) is 11.6 Å².